The molecule has 0 radical (unpaired) electrons. The minimum absolute atomic E-state index is 0.110. The molecule has 6 atom stereocenters. The van der Waals surface area contributed by atoms with Crippen LogP contribution in [-0.2, 0) is 9.59 Å². The van der Waals surface area contributed by atoms with Crippen LogP contribution in [0.2, 0.25) is 0 Å². The van der Waals surface area contributed by atoms with Crippen molar-refractivity contribution >= 4 is 23.7 Å². The Balaban J connectivity index is 1.39. The van der Waals surface area contributed by atoms with E-state index in [-0.39, 0.29) is 35.5 Å². The summed E-state index contributed by atoms with van der Waals surface area (Å²) in [6.45, 7) is 0. The van der Waals surface area contributed by atoms with Crippen LogP contribution in [-0.4, -0.2) is 37.1 Å². The number of rotatable bonds is 3. The van der Waals surface area contributed by atoms with Crippen molar-refractivity contribution in [1.82, 2.24) is 5.01 Å². The lowest BCUT2D eigenvalue weighted by Crippen LogP contribution is -2.40. The zero-order valence-corrected chi connectivity index (χ0v) is 14.4. The number of hydrogen-bond acceptors (Lipinski definition) is 4. The monoisotopic (exact) mass is 335 g/mol. The Morgan fingerprint density at radius 2 is 1.56 bits per heavy atom. The third kappa shape index (κ3) is 2.04. The number of allylic oxidation sites excluding steroid dienone is 2. The SMILES string of the molecule is CN(C)c1ccc(/C=N\N2C(=O)[C@H]3[C@@H]4C=C[C@@H]([C@H]5C[C@H]45)[C@@H]3C2=O)cc1. The summed E-state index contributed by atoms with van der Waals surface area (Å²) in [7, 11) is 3.97. The molecule has 1 saturated heterocycles. The molecule has 6 rings (SSSR count). The number of imide groups is 1. The molecule has 5 aliphatic rings. The summed E-state index contributed by atoms with van der Waals surface area (Å²) in [5, 5.41) is 5.39. The highest BCUT2D eigenvalue weighted by Crippen LogP contribution is 2.65. The van der Waals surface area contributed by atoms with Gasteiger partial charge in [0.1, 0.15) is 0 Å². The van der Waals surface area contributed by atoms with Gasteiger partial charge in [0.2, 0.25) is 0 Å². The molecule has 1 heterocycles. The molecule has 1 aliphatic heterocycles. The molecule has 2 saturated carbocycles. The van der Waals surface area contributed by atoms with Gasteiger partial charge in [-0.25, -0.2) is 0 Å². The van der Waals surface area contributed by atoms with Crippen molar-refractivity contribution in [3.8, 4) is 0 Å². The standard InChI is InChI=1S/C20H21N3O2/c1-22(2)12-5-3-11(4-6-12)10-21-23-19(24)17-13-7-8-14(16-9-15(13)16)18(17)20(23)25/h3-8,10,13-18H,9H2,1-2H3/b21-10-/t13-,14+,15-,16-,17+,18+/m1/s1. The van der Waals surface area contributed by atoms with E-state index in [1.54, 1.807) is 6.21 Å². The maximum absolute atomic E-state index is 12.8. The molecule has 128 valence electrons. The van der Waals surface area contributed by atoms with Crippen LogP contribution in [0.5, 0.6) is 0 Å². The molecule has 1 aromatic rings. The summed E-state index contributed by atoms with van der Waals surface area (Å²) in [5.41, 5.74) is 1.98. The van der Waals surface area contributed by atoms with Crippen molar-refractivity contribution in [3.63, 3.8) is 0 Å². The fraction of sp³-hybridized carbons (Fsp3) is 0.450. The van der Waals surface area contributed by atoms with E-state index in [9.17, 15) is 9.59 Å². The highest BCUT2D eigenvalue weighted by Gasteiger charge is 2.67. The van der Waals surface area contributed by atoms with Crippen LogP contribution >= 0.6 is 0 Å². The van der Waals surface area contributed by atoms with Crippen molar-refractivity contribution < 1.29 is 9.59 Å². The number of carbonyl (C=O) groups is 2. The van der Waals surface area contributed by atoms with Crippen LogP contribution in [0.3, 0.4) is 0 Å². The summed E-state index contributed by atoms with van der Waals surface area (Å²) < 4.78 is 0. The molecular formula is C20H21N3O2. The summed E-state index contributed by atoms with van der Waals surface area (Å²) >= 11 is 0. The number of benzene rings is 1. The summed E-state index contributed by atoms with van der Waals surface area (Å²) in [6.07, 6.45) is 7.15. The third-order valence-electron chi connectivity index (χ3n) is 6.37. The Labute approximate surface area is 147 Å². The number of anilines is 1. The van der Waals surface area contributed by atoms with Crippen molar-refractivity contribution in [1.29, 1.82) is 0 Å². The number of amides is 2. The minimum atomic E-state index is -0.181. The molecule has 2 bridgehead atoms. The molecule has 4 aliphatic carbocycles. The van der Waals surface area contributed by atoms with Crippen molar-refractivity contribution in [3.05, 3.63) is 42.0 Å². The first kappa shape index (κ1) is 14.9. The van der Waals surface area contributed by atoms with Crippen LogP contribution in [0, 0.1) is 35.5 Å². The van der Waals surface area contributed by atoms with Gasteiger partial charge in [0.05, 0.1) is 18.1 Å². The molecule has 2 amide bonds. The number of nitrogens with zero attached hydrogens (tertiary/aromatic N) is 3. The fourth-order valence-electron chi connectivity index (χ4n) is 5.04. The van der Waals surface area contributed by atoms with Crippen molar-refractivity contribution in [2.24, 2.45) is 40.6 Å². The quantitative estimate of drug-likeness (QED) is 0.483. The Morgan fingerprint density at radius 3 is 2.08 bits per heavy atom. The zero-order chi connectivity index (χ0) is 17.3. The van der Waals surface area contributed by atoms with E-state index in [2.05, 4.69) is 17.3 Å². The summed E-state index contributed by atoms with van der Waals surface area (Å²) in [4.78, 5) is 27.7. The molecule has 1 aromatic carbocycles. The van der Waals surface area contributed by atoms with Crippen LogP contribution < -0.4 is 4.90 Å². The van der Waals surface area contributed by atoms with Gasteiger partial charge in [-0.15, -0.1) is 0 Å². The van der Waals surface area contributed by atoms with Crippen LogP contribution in [0.25, 0.3) is 0 Å². The molecule has 5 nitrogen and oxygen atoms in total. The number of hydrazone groups is 1. The zero-order valence-electron chi connectivity index (χ0n) is 14.4. The van der Waals surface area contributed by atoms with E-state index in [1.165, 1.54) is 6.42 Å². The van der Waals surface area contributed by atoms with Crippen molar-refractivity contribution in [2.75, 3.05) is 19.0 Å². The maximum atomic E-state index is 12.8. The number of carbonyl (C=O) groups excluding carboxylic acids is 2. The third-order valence-corrected chi connectivity index (χ3v) is 6.37. The largest absolute Gasteiger partial charge is 0.378 e. The predicted molar refractivity (Wildman–Crippen MR) is 94.9 cm³/mol. The van der Waals surface area contributed by atoms with Gasteiger partial charge < -0.3 is 4.90 Å². The van der Waals surface area contributed by atoms with Gasteiger partial charge in [-0.05, 0) is 47.8 Å². The lowest BCUT2D eigenvalue weighted by atomic mass is 9.63. The fourth-order valence-corrected chi connectivity index (χ4v) is 5.04. The van der Waals surface area contributed by atoms with Gasteiger partial charge in [0, 0.05) is 19.8 Å². The van der Waals surface area contributed by atoms with Crippen LogP contribution in [0.1, 0.15) is 12.0 Å². The topological polar surface area (TPSA) is 53.0 Å². The maximum Gasteiger partial charge on any atom is 0.254 e. The van der Waals surface area contributed by atoms with E-state index >= 15 is 0 Å². The summed E-state index contributed by atoms with van der Waals surface area (Å²) in [5.74, 6) is 1.15. The molecule has 3 fully saturated rings. The minimum Gasteiger partial charge on any atom is -0.378 e. The van der Waals surface area contributed by atoms with Crippen LogP contribution in [0.4, 0.5) is 5.69 Å². The molecule has 25 heavy (non-hydrogen) atoms. The number of hydrogen-bond donors (Lipinski definition) is 0. The molecule has 0 aromatic heterocycles. The lowest BCUT2D eigenvalue weighted by Gasteiger charge is -2.37. The molecule has 0 unspecified atom stereocenters. The molecule has 5 heteroatoms. The first-order valence-corrected chi connectivity index (χ1v) is 8.94. The van der Waals surface area contributed by atoms with Gasteiger partial charge >= 0.3 is 0 Å². The second-order valence-electron chi connectivity index (χ2n) is 7.87. The van der Waals surface area contributed by atoms with Crippen molar-refractivity contribution in [2.45, 2.75) is 6.42 Å². The van der Waals surface area contributed by atoms with E-state index in [0.717, 1.165) is 16.3 Å². The lowest BCUT2D eigenvalue weighted by molar-refractivity contribution is -0.140. The van der Waals surface area contributed by atoms with E-state index in [4.69, 9.17) is 0 Å². The van der Waals surface area contributed by atoms with Gasteiger partial charge in [-0.3, -0.25) is 9.59 Å². The van der Waals surface area contributed by atoms with Gasteiger partial charge in [-0.1, -0.05) is 24.3 Å². The first-order chi connectivity index (χ1) is 12.1. The normalized spacial score (nSPS) is 37.6. The Kier molecular flexibility index (Phi) is 3.00. The molecule has 0 N–H and O–H groups in total. The predicted octanol–water partition coefficient (Wildman–Crippen LogP) is 2.14. The Morgan fingerprint density at radius 1 is 1.00 bits per heavy atom. The van der Waals surface area contributed by atoms with Gasteiger partial charge in [0.15, 0.2) is 0 Å². The average Bonchev–Trinajstić information content (AvgIpc) is 3.39. The van der Waals surface area contributed by atoms with E-state index in [1.807, 2.05) is 43.3 Å². The molecule has 0 spiro atoms. The van der Waals surface area contributed by atoms with E-state index < -0.39 is 0 Å². The highest BCUT2D eigenvalue weighted by atomic mass is 16.2. The Bertz CT molecular complexity index is 775. The van der Waals surface area contributed by atoms with Crippen LogP contribution in [0.15, 0.2) is 41.5 Å². The summed E-state index contributed by atoms with van der Waals surface area (Å²) in [6, 6.07) is 7.87. The first-order valence-electron chi connectivity index (χ1n) is 8.94. The second-order valence-corrected chi connectivity index (χ2v) is 7.87. The highest BCUT2D eigenvalue weighted by molar-refractivity contribution is 6.06. The van der Waals surface area contributed by atoms with E-state index in [0.29, 0.717) is 11.8 Å². The van der Waals surface area contributed by atoms with Gasteiger partial charge in [0.25, 0.3) is 11.8 Å². The van der Waals surface area contributed by atoms with Gasteiger partial charge in [-0.2, -0.15) is 10.1 Å². The Hall–Kier alpha value is -2.43. The molecular weight excluding hydrogens is 314 g/mol. The average molecular weight is 335 g/mol. The smallest absolute Gasteiger partial charge is 0.254 e. The second kappa shape index (κ2) is 5.04.